The van der Waals surface area contributed by atoms with E-state index in [4.69, 9.17) is 23.2 Å². The van der Waals surface area contributed by atoms with Crippen molar-refractivity contribution in [2.24, 2.45) is 0 Å². The average molecular weight is 591 g/mol. The zero-order chi connectivity index (χ0) is 27.5. The van der Waals surface area contributed by atoms with E-state index in [-0.39, 0.29) is 11.4 Å². The van der Waals surface area contributed by atoms with Gasteiger partial charge in [-0.15, -0.1) is 11.3 Å². The highest BCUT2D eigenvalue weighted by molar-refractivity contribution is 7.13. The first kappa shape index (κ1) is 27.0. The average Bonchev–Trinajstić information content (AvgIpc) is 3.61. The van der Waals surface area contributed by atoms with E-state index in [1.807, 2.05) is 69.9 Å². The smallest absolute Gasteiger partial charge is 0.317 e. The molecule has 2 aliphatic heterocycles. The number of nitrogens with zero attached hydrogens (tertiary/aromatic N) is 4. The van der Waals surface area contributed by atoms with E-state index in [2.05, 4.69) is 33.5 Å². The van der Waals surface area contributed by atoms with Crippen LogP contribution in [-0.4, -0.2) is 47.1 Å². The van der Waals surface area contributed by atoms with Crippen molar-refractivity contribution >= 4 is 52.3 Å². The largest absolute Gasteiger partial charge is 0.325 e. The summed E-state index contributed by atoms with van der Waals surface area (Å²) in [5.74, 6) is 0. The van der Waals surface area contributed by atoms with Crippen molar-refractivity contribution in [1.82, 2.24) is 20.2 Å². The van der Waals surface area contributed by atoms with E-state index in [0.29, 0.717) is 29.8 Å². The van der Waals surface area contributed by atoms with Crippen molar-refractivity contribution in [3.05, 3.63) is 105 Å². The first-order valence-electron chi connectivity index (χ1n) is 13.3. The molecule has 0 bridgehead atoms. The summed E-state index contributed by atoms with van der Waals surface area (Å²) in [5.41, 5.74) is 5.23. The van der Waals surface area contributed by atoms with Gasteiger partial charge in [0.15, 0.2) is 0 Å². The molecule has 1 N–H and O–H groups in total. The molecule has 4 aromatic rings. The predicted molar refractivity (Wildman–Crippen MR) is 164 cm³/mol. The Morgan fingerprint density at radius 3 is 2.62 bits per heavy atom. The van der Waals surface area contributed by atoms with E-state index < -0.39 is 0 Å². The molecule has 1 fully saturated rings. The normalized spacial score (nSPS) is 16.0. The highest BCUT2D eigenvalue weighted by Gasteiger charge is 2.46. The maximum absolute atomic E-state index is 14.4. The number of nitrogens with one attached hydrogen (secondary N) is 1. The van der Waals surface area contributed by atoms with Crippen LogP contribution in [0.15, 0.2) is 78.4 Å². The highest BCUT2D eigenvalue weighted by Crippen LogP contribution is 2.48. The fourth-order valence-electron chi connectivity index (χ4n) is 5.70. The molecule has 6 rings (SSSR count). The number of aromatic nitrogens is 2. The van der Waals surface area contributed by atoms with Gasteiger partial charge in [-0.1, -0.05) is 47.5 Å². The van der Waals surface area contributed by atoms with Crippen molar-refractivity contribution < 1.29 is 4.79 Å². The fourth-order valence-corrected chi connectivity index (χ4v) is 6.66. The minimum atomic E-state index is -0.0751. The third kappa shape index (κ3) is 5.65. The van der Waals surface area contributed by atoms with Crippen LogP contribution in [0.1, 0.15) is 29.5 Å². The molecular weight excluding hydrogens is 561 g/mol. The van der Waals surface area contributed by atoms with Crippen molar-refractivity contribution in [2.45, 2.75) is 24.8 Å². The number of fused-ring (bicyclic) bond motifs is 2. The van der Waals surface area contributed by atoms with Crippen LogP contribution in [0.2, 0.25) is 10.2 Å². The van der Waals surface area contributed by atoms with Crippen LogP contribution >= 0.6 is 34.5 Å². The standard InChI is InChI=1S/C31H29Cl2N5OS/c32-25-6-3-22(4-7-25)2-1-16-37(20-23-9-12-35-28(33)18-23)30(39)38-21-31(10-13-34-14-11-31)26-19-24(5-8-27(26)38)29-36-15-17-40-29/h1-9,12,15,17-19,34H,10-11,13-14,16,20-21H2. The molecule has 0 saturated carbocycles. The highest BCUT2D eigenvalue weighted by atomic mass is 35.5. The van der Waals surface area contributed by atoms with E-state index in [9.17, 15) is 4.79 Å². The van der Waals surface area contributed by atoms with E-state index in [0.717, 1.165) is 53.3 Å². The molecule has 40 heavy (non-hydrogen) atoms. The Morgan fingerprint density at radius 1 is 1.05 bits per heavy atom. The molecule has 2 amide bonds. The number of benzene rings is 2. The lowest BCUT2D eigenvalue weighted by molar-refractivity contribution is 0.205. The molecule has 2 aliphatic rings. The maximum atomic E-state index is 14.4. The molecule has 2 aromatic heterocycles. The van der Waals surface area contributed by atoms with Crippen molar-refractivity contribution in [2.75, 3.05) is 31.1 Å². The second-order valence-corrected chi connectivity index (χ2v) is 12.0. The second-order valence-electron chi connectivity index (χ2n) is 10.3. The number of piperidine rings is 1. The summed E-state index contributed by atoms with van der Waals surface area (Å²) in [5, 5.41) is 7.61. The molecule has 204 valence electrons. The molecule has 0 radical (unpaired) electrons. The minimum absolute atomic E-state index is 0.0210. The predicted octanol–water partition coefficient (Wildman–Crippen LogP) is 7.29. The lowest BCUT2D eigenvalue weighted by atomic mass is 9.74. The zero-order valence-corrected chi connectivity index (χ0v) is 24.2. The Balaban J connectivity index is 1.33. The van der Waals surface area contributed by atoms with Gasteiger partial charge in [-0.3, -0.25) is 4.90 Å². The Kier molecular flexibility index (Phi) is 7.89. The second kappa shape index (κ2) is 11.7. The van der Waals surface area contributed by atoms with Crippen LogP contribution < -0.4 is 10.2 Å². The van der Waals surface area contributed by atoms with Crippen molar-refractivity contribution in [3.63, 3.8) is 0 Å². The van der Waals surface area contributed by atoms with Gasteiger partial charge < -0.3 is 10.2 Å². The summed E-state index contributed by atoms with van der Waals surface area (Å²) in [4.78, 5) is 26.8. The first-order valence-corrected chi connectivity index (χ1v) is 15.0. The van der Waals surface area contributed by atoms with E-state index >= 15 is 0 Å². The molecule has 4 heterocycles. The number of rotatable bonds is 6. The lowest BCUT2D eigenvalue weighted by Crippen LogP contribution is -2.47. The van der Waals surface area contributed by atoms with Crippen LogP contribution in [-0.2, 0) is 12.0 Å². The minimum Gasteiger partial charge on any atom is -0.317 e. The van der Waals surface area contributed by atoms with Crippen LogP contribution in [0, 0.1) is 0 Å². The summed E-state index contributed by atoms with van der Waals surface area (Å²) in [6.07, 6.45) is 9.53. The summed E-state index contributed by atoms with van der Waals surface area (Å²) in [7, 11) is 0. The number of carbonyl (C=O) groups excluding carboxylic acids is 1. The third-order valence-electron chi connectivity index (χ3n) is 7.73. The summed E-state index contributed by atoms with van der Waals surface area (Å²) < 4.78 is 0. The number of carbonyl (C=O) groups is 1. The van der Waals surface area contributed by atoms with Gasteiger partial charge in [-0.2, -0.15) is 0 Å². The Labute approximate surface area is 248 Å². The third-order valence-corrected chi connectivity index (χ3v) is 9.01. The van der Waals surface area contributed by atoms with Crippen molar-refractivity contribution in [1.29, 1.82) is 0 Å². The summed E-state index contributed by atoms with van der Waals surface area (Å²) in [6.45, 7) is 3.40. The molecule has 9 heteroatoms. The summed E-state index contributed by atoms with van der Waals surface area (Å²) in [6, 6.07) is 17.8. The molecule has 0 atom stereocenters. The van der Waals surface area contributed by atoms with E-state index in [1.54, 1.807) is 17.5 Å². The van der Waals surface area contributed by atoms with Gasteiger partial charge in [0.05, 0.1) is 0 Å². The van der Waals surface area contributed by atoms with Gasteiger partial charge in [0.25, 0.3) is 0 Å². The van der Waals surface area contributed by atoms with Crippen LogP contribution in [0.4, 0.5) is 10.5 Å². The number of pyridine rings is 1. The molecule has 1 spiro atoms. The Bertz CT molecular complexity index is 1520. The number of hydrogen-bond acceptors (Lipinski definition) is 5. The van der Waals surface area contributed by atoms with Gasteiger partial charge in [0.2, 0.25) is 0 Å². The van der Waals surface area contributed by atoms with Gasteiger partial charge in [-0.05, 0) is 85.1 Å². The van der Waals surface area contributed by atoms with E-state index in [1.165, 1.54) is 5.56 Å². The topological polar surface area (TPSA) is 61.4 Å². The zero-order valence-electron chi connectivity index (χ0n) is 21.9. The van der Waals surface area contributed by atoms with Gasteiger partial charge >= 0.3 is 6.03 Å². The number of anilines is 1. The number of thiazole rings is 1. The number of urea groups is 1. The molecule has 0 aliphatic carbocycles. The van der Waals surface area contributed by atoms with Crippen LogP contribution in [0.25, 0.3) is 16.6 Å². The monoisotopic (exact) mass is 589 g/mol. The van der Waals surface area contributed by atoms with Gasteiger partial charge in [-0.25, -0.2) is 14.8 Å². The molecular formula is C31H29Cl2N5OS. The quantitative estimate of drug-likeness (QED) is 0.240. The Hall–Kier alpha value is -3.23. The lowest BCUT2D eigenvalue weighted by Gasteiger charge is -2.35. The maximum Gasteiger partial charge on any atom is 0.325 e. The number of hydrogen-bond donors (Lipinski definition) is 1. The van der Waals surface area contributed by atoms with Crippen LogP contribution in [0.5, 0.6) is 0 Å². The Morgan fingerprint density at radius 2 is 1.88 bits per heavy atom. The first-order chi connectivity index (χ1) is 19.5. The van der Waals surface area contributed by atoms with Crippen molar-refractivity contribution in [3.8, 4) is 10.6 Å². The molecule has 0 unspecified atom stereocenters. The fraction of sp³-hybridized carbons (Fsp3) is 0.258. The van der Waals surface area contributed by atoms with Gasteiger partial charge in [0, 0.05) is 59.1 Å². The summed E-state index contributed by atoms with van der Waals surface area (Å²) >= 11 is 13.9. The molecule has 2 aromatic carbocycles. The molecule has 1 saturated heterocycles. The van der Waals surface area contributed by atoms with Gasteiger partial charge in [0.1, 0.15) is 10.2 Å². The van der Waals surface area contributed by atoms with Crippen LogP contribution in [0.3, 0.4) is 0 Å². The number of amides is 2. The SMILES string of the molecule is O=C(N(CC=Cc1ccc(Cl)cc1)Cc1ccnc(Cl)c1)N1CC2(CCNCC2)c2cc(-c3nccs3)ccc21. The molecule has 6 nitrogen and oxygen atoms in total. The number of halogens is 2.